The first kappa shape index (κ1) is 34.4. The van der Waals surface area contributed by atoms with E-state index in [2.05, 4.69) is 86.4 Å². The fourth-order valence-electron chi connectivity index (χ4n) is 9.22. The normalized spacial score (nSPS) is 21.5. The summed E-state index contributed by atoms with van der Waals surface area (Å²) in [5.74, 6) is 0.669. The maximum absolute atomic E-state index is 12.6. The molecule has 10 heteroatoms. The Bertz CT molecular complexity index is 2010. The van der Waals surface area contributed by atoms with E-state index >= 15 is 0 Å². The Labute approximate surface area is 315 Å². The molecule has 3 fully saturated rings. The Balaban J connectivity index is 0.742. The standard InChI is InChI=1S/C43H48N6O3S/c50-38-14-10-33(42(51)47-38)31-5-1-27(2-6-31)29-15-21-48(22-16-29)25-26-49-23-17-30(18-24-49)28-3-7-32(8-4-28)35-11-9-34-36(46-35)12-13-37-39(34)40-41(53-37)43(52)45-20-19-44-40/h1-9,11,29-30,33,44H,10,12-26H2,(H,45,52)(H,47,50,51). The first-order valence-electron chi connectivity index (χ1n) is 19.6. The summed E-state index contributed by atoms with van der Waals surface area (Å²) >= 11 is 1.63. The summed E-state index contributed by atoms with van der Waals surface area (Å²) in [6.45, 7) is 8.23. The number of hydrogen-bond acceptors (Lipinski definition) is 8. The molecule has 3 saturated heterocycles. The highest BCUT2D eigenvalue weighted by Gasteiger charge is 2.31. The van der Waals surface area contributed by atoms with E-state index in [1.54, 1.807) is 11.3 Å². The number of thiophene rings is 1. The topological polar surface area (TPSA) is 107 Å². The number of aromatic nitrogens is 1. The predicted molar refractivity (Wildman–Crippen MR) is 210 cm³/mol. The van der Waals surface area contributed by atoms with Gasteiger partial charge in [0.25, 0.3) is 5.91 Å². The van der Waals surface area contributed by atoms with Crippen LogP contribution < -0.4 is 16.0 Å². The van der Waals surface area contributed by atoms with Crippen molar-refractivity contribution in [1.29, 1.82) is 0 Å². The Hall–Kier alpha value is -4.38. The zero-order valence-corrected chi connectivity index (χ0v) is 31.1. The number of likely N-dealkylation sites (tertiary alicyclic amines) is 2. The molecule has 0 spiro atoms. The summed E-state index contributed by atoms with van der Waals surface area (Å²) in [4.78, 5) is 49.0. The summed E-state index contributed by atoms with van der Waals surface area (Å²) in [7, 11) is 0. The number of carbonyl (C=O) groups excluding carboxylic acids is 3. The lowest BCUT2D eigenvalue weighted by Gasteiger charge is -2.36. The molecule has 0 bridgehead atoms. The lowest BCUT2D eigenvalue weighted by Crippen LogP contribution is -2.41. The minimum Gasteiger partial charge on any atom is -0.381 e. The van der Waals surface area contributed by atoms with E-state index in [4.69, 9.17) is 4.98 Å². The molecule has 1 aliphatic carbocycles. The molecule has 0 radical (unpaired) electrons. The third-order valence-corrected chi connectivity index (χ3v) is 13.6. The Morgan fingerprint density at radius 2 is 1.30 bits per heavy atom. The second-order valence-corrected chi connectivity index (χ2v) is 16.6. The quantitative estimate of drug-likeness (QED) is 0.192. The summed E-state index contributed by atoms with van der Waals surface area (Å²) in [5, 5.41) is 9.00. The van der Waals surface area contributed by atoms with Crippen molar-refractivity contribution in [3.63, 3.8) is 0 Å². The van der Waals surface area contributed by atoms with Crippen LogP contribution in [0.15, 0.2) is 60.7 Å². The SMILES string of the molecule is O=C1CCC(c2ccc(C3CCN(CCN4CCC(c5ccc(-c6ccc7c(n6)CCc6sc8c(c6-7)NCCNC8=O)cc5)CC4)CC3)cc2)C(=O)N1. The number of nitrogens with zero attached hydrogens (tertiary/aromatic N) is 3. The molecule has 9 nitrogen and oxygen atoms in total. The molecule has 6 heterocycles. The minimum atomic E-state index is -0.211. The maximum atomic E-state index is 12.6. The monoisotopic (exact) mass is 728 g/mol. The zero-order valence-electron chi connectivity index (χ0n) is 30.3. The van der Waals surface area contributed by atoms with Gasteiger partial charge in [-0.05, 0) is 106 Å². The molecule has 53 heavy (non-hydrogen) atoms. The molecule has 0 saturated carbocycles. The predicted octanol–water partition coefficient (Wildman–Crippen LogP) is 6.31. The third kappa shape index (κ3) is 7.04. The van der Waals surface area contributed by atoms with Gasteiger partial charge in [-0.25, -0.2) is 0 Å². The van der Waals surface area contributed by atoms with Gasteiger partial charge in [-0.1, -0.05) is 54.6 Å². The molecule has 274 valence electrons. The number of anilines is 1. The van der Waals surface area contributed by atoms with E-state index in [0.29, 0.717) is 31.2 Å². The van der Waals surface area contributed by atoms with E-state index in [0.717, 1.165) is 91.7 Å². The van der Waals surface area contributed by atoms with Gasteiger partial charge >= 0.3 is 0 Å². The van der Waals surface area contributed by atoms with Crippen molar-refractivity contribution in [3.05, 3.63) is 92.8 Å². The van der Waals surface area contributed by atoms with E-state index in [9.17, 15) is 14.4 Å². The highest BCUT2D eigenvalue weighted by atomic mass is 32.1. The first-order valence-corrected chi connectivity index (χ1v) is 20.4. The maximum Gasteiger partial charge on any atom is 0.263 e. The molecule has 1 atom stereocenters. The van der Waals surface area contributed by atoms with Crippen LogP contribution in [-0.2, 0) is 22.4 Å². The summed E-state index contributed by atoms with van der Waals surface area (Å²) in [6.07, 6.45) is 7.59. The summed E-state index contributed by atoms with van der Waals surface area (Å²) in [6, 6.07) is 22.1. The fraction of sp³-hybridized carbons (Fsp3) is 0.442. The fourth-order valence-corrected chi connectivity index (χ4v) is 10.4. The Morgan fingerprint density at radius 1 is 0.679 bits per heavy atom. The molecular formula is C43H48N6O3S. The van der Waals surface area contributed by atoms with Gasteiger partial charge in [0.1, 0.15) is 4.88 Å². The Morgan fingerprint density at radius 3 is 1.96 bits per heavy atom. The number of hydrogen-bond donors (Lipinski definition) is 3. The van der Waals surface area contributed by atoms with Gasteiger partial charge < -0.3 is 20.4 Å². The molecule has 4 aliphatic heterocycles. The van der Waals surface area contributed by atoms with Crippen LogP contribution in [-0.4, -0.2) is 84.9 Å². The molecule has 2 aromatic carbocycles. The van der Waals surface area contributed by atoms with Gasteiger partial charge in [-0.3, -0.25) is 24.7 Å². The number of benzene rings is 2. The second kappa shape index (κ2) is 14.8. The number of nitrogens with one attached hydrogen (secondary N) is 3. The van der Waals surface area contributed by atoms with Crippen molar-refractivity contribution in [3.8, 4) is 22.4 Å². The van der Waals surface area contributed by atoms with Crippen LogP contribution in [0.4, 0.5) is 5.69 Å². The molecular weight excluding hydrogens is 681 g/mol. The molecule has 2 aromatic heterocycles. The number of carbonyl (C=O) groups is 3. The molecule has 4 aromatic rings. The van der Waals surface area contributed by atoms with Crippen LogP contribution in [0.3, 0.4) is 0 Å². The summed E-state index contributed by atoms with van der Waals surface area (Å²) in [5.41, 5.74) is 10.5. The number of amides is 3. The van der Waals surface area contributed by atoms with E-state index < -0.39 is 0 Å². The number of piperidine rings is 3. The number of imide groups is 1. The smallest absolute Gasteiger partial charge is 0.263 e. The lowest BCUT2D eigenvalue weighted by atomic mass is 9.86. The van der Waals surface area contributed by atoms with Crippen LogP contribution in [0.25, 0.3) is 22.4 Å². The van der Waals surface area contributed by atoms with Crippen molar-refractivity contribution in [1.82, 2.24) is 25.4 Å². The Kier molecular flexibility index (Phi) is 9.60. The van der Waals surface area contributed by atoms with Crippen LogP contribution in [0, 0.1) is 0 Å². The first-order chi connectivity index (χ1) is 26.0. The van der Waals surface area contributed by atoms with Gasteiger partial charge in [0.2, 0.25) is 11.8 Å². The molecule has 9 rings (SSSR count). The zero-order chi connectivity index (χ0) is 35.9. The average Bonchev–Trinajstić information content (AvgIpc) is 3.48. The van der Waals surface area contributed by atoms with Gasteiger partial charge in [0, 0.05) is 59.9 Å². The van der Waals surface area contributed by atoms with Gasteiger partial charge in [-0.2, -0.15) is 0 Å². The van der Waals surface area contributed by atoms with Gasteiger partial charge in [0.15, 0.2) is 0 Å². The second-order valence-electron chi connectivity index (χ2n) is 15.5. The molecule has 5 aliphatic rings. The number of rotatable bonds is 7. The number of pyridine rings is 1. The van der Waals surface area contributed by atoms with Crippen molar-refractivity contribution in [2.24, 2.45) is 0 Å². The van der Waals surface area contributed by atoms with Crippen LogP contribution >= 0.6 is 11.3 Å². The van der Waals surface area contributed by atoms with Crippen LogP contribution in [0.2, 0.25) is 0 Å². The molecule has 3 N–H and O–H groups in total. The molecule has 1 unspecified atom stereocenters. The number of fused-ring (bicyclic) bond motifs is 5. The van der Waals surface area contributed by atoms with Gasteiger partial charge in [0.05, 0.1) is 17.3 Å². The van der Waals surface area contributed by atoms with Crippen LogP contribution in [0.1, 0.15) is 93.2 Å². The third-order valence-electron chi connectivity index (χ3n) is 12.4. The molecule has 3 amide bonds. The van der Waals surface area contributed by atoms with Crippen LogP contribution in [0.5, 0.6) is 0 Å². The highest BCUT2D eigenvalue weighted by Crippen LogP contribution is 2.46. The van der Waals surface area contributed by atoms with Crippen molar-refractivity contribution >= 4 is 34.7 Å². The van der Waals surface area contributed by atoms with Crippen molar-refractivity contribution in [2.75, 3.05) is 57.7 Å². The van der Waals surface area contributed by atoms with Gasteiger partial charge in [-0.15, -0.1) is 11.3 Å². The lowest BCUT2D eigenvalue weighted by molar-refractivity contribution is -0.134. The van der Waals surface area contributed by atoms with E-state index in [-0.39, 0.29) is 23.6 Å². The van der Waals surface area contributed by atoms with Crippen molar-refractivity contribution in [2.45, 2.75) is 69.1 Å². The van der Waals surface area contributed by atoms with Crippen molar-refractivity contribution < 1.29 is 14.4 Å². The number of aryl methyl sites for hydroxylation is 2. The minimum absolute atomic E-state index is 0.0312. The van der Waals surface area contributed by atoms with E-state index in [1.807, 2.05) is 0 Å². The largest absolute Gasteiger partial charge is 0.381 e. The summed E-state index contributed by atoms with van der Waals surface area (Å²) < 4.78 is 0. The average molecular weight is 729 g/mol. The van der Waals surface area contributed by atoms with E-state index in [1.165, 1.54) is 52.8 Å². The highest BCUT2D eigenvalue weighted by molar-refractivity contribution is 7.15.